The molecule has 0 unspecified atom stereocenters. The van der Waals surface area contributed by atoms with Crippen LogP contribution in [-0.2, 0) is 22.6 Å². The fraction of sp³-hybridized carbons (Fsp3) is 0.450. The normalized spacial score (nSPS) is 16.8. The third kappa shape index (κ3) is 3.32. The number of nitriles is 1. The molecule has 1 saturated heterocycles. The first kappa shape index (κ1) is 19.6. The molecular weight excluding hydrogens is 388 g/mol. The molecule has 0 saturated carbocycles. The van der Waals surface area contributed by atoms with Gasteiger partial charge in [0.05, 0.1) is 24.4 Å². The Morgan fingerprint density at radius 1 is 1.31 bits per heavy atom. The van der Waals surface area contributed by atoms with Gasteiger partial charge < -0.3 is 4.57 Å². The lowest BCUT2D eigenvalue weighted by Gasteiger charge is -2.48. The lowest BCUT2D eigenvalue weighted by Crippen LogP contribution is -2.64. The maximum absolute atomic E-state index is 12.5. The van der Waals surface area contributed by atoms with Crippen molar-refractivity contribution in [3.63, 3.8) is 0 Å². The van der Waals surface area contributed by atoms with E-state index in [0.717, 1.165) is 22.2 Å². The van der Waals surface area contributed by atoms with Crippen LogP contribution in [0.5, 0.6) is 0 Å². The summed E-state index contributed by atoms with van der Waals surface area (Å²) < 4.78 is 30.2. The second kappa shape index (κ2) is 6.97. The summed E-state index contributed by atoms with van der Waals surface area (Å²) in [6.45, 7) is 4.32. The van der Waals surface area contributed by atoms with E-state index in [9.17, 15) is 13.7 Å². The maximum Gasteiger partial charge on any atom is 0.214 e. The minimum atomic E-state index is -3.32. The molecule has 3 aromatic heterocycles. The summed E-state index contributed by atoms with van der Waals surface area (Å²) in [7, 11) is -1.37. The van der Waals surface area contributed by atoms with Crippen LogP contribution in [0.25, 0.3) is 22.2 Å². The van der Waals surface area contributed by atoms with E-state index in [4.69, 9.17) is 0 Å². The van der Waals surface area contributed by atoms with Gasteiger partial charge in [0.1, 0.15) is 11.2 Å². The van der Waals surface area contributed by atoms with Crippen LogP contribution in [-0.4, -0.2) is 50.9 Å². The van der Waals surface area contributed by atoms with Crippen molar-refractivity contribution >= 4 is 21.1 Å². The van der Waals surface area contributed by atoms with E-state index >= 15 is 0 Å². The zero-order valence-electron chi connectivity index (χ0n) is 16.8. The van der Waals surface area contributed by atoms with E-state index < -0.39 is 15.6 Å². The number of sulfonamides is 1. The van der Waals surface area contributed by atoms with Crippen molar-refractivity contribution in [2.45, 2.75) is 25.8 Å². The Hall–Kier alpha value is -2.70. The van der Waals surface area contributed by atoms with Gasteiger partial charge in [-0.3, -0.25) is 4.68 Å². The van der Waals surface area contributed by atoms with Gasteiger partial charge in [-0.2, -0.15) is 14.7 Å². The van der Waals surface area contributed by atoms with Crippen molar-refractivity contribution < 1.29 is 8.42 Å². The molecule has 1 aliphatic heterocycles. The van der Waals surface area contributed by atoms with Gasteiger partial charge in [-0.1, -0.05) is 13.8 Å². The van der Waals surface area contributed by atoms with Crippen LogP contribution in [0.4, 0.5) is 0 Å². The highest BCUT2D eigenvalue weighted by molar-refractivity contribution is 7.89. The number of nitrogens with zero attached hydrogens (tertiary/aromatic N) is 6. The van der Waals surface area contributed by atoms with Gasteiger partial charge in [0.15, 0.2) is 0 Å². The molecule has 4 heterocycles. The molecule has 1 aliphatic rings. The van der Waals surface area contributed by atoms with Crippen molar-refractivity contribution in [2.24, 2.45) is 13.0 Å². The minimum absolute atomic E-state index is 0.0576. The monoisotopic (exact) mass is 412 g/mol. The van der Waals surface area contributed by atoms with E-state index in [2.05, 4.69) is 16.2 Å². The molecule has 0 atom stereocenters. The summed E-state index contributed by atoms with van der Waals surface area (Å²) in [4.78, 5) is 4.42. The van der Waals surface area contributed by atoms with Crippen molar-refractivity contribution in [2.75, 3.05) is 18.8 Å². The fourth-order valence-electron chi connectivity index (χ4n) is 3.96. The molecule has 0 bridgehead atoms. The quantitative estimate of drug-likeness (QED) is 0.619. The lowest BCUT2D eigenvalue weighted by atomic mass is 9.89. The van der Waals surface area contributed by atoms with Crippen molar-refractivity contribution in [1.29, 1.82) is 5.26 Å². The zero-order valence-corrected chi connectivity index (χ0v) is 17.6. The molecule has 0 amide bonds. The number of fused-ring (bicyclic) bond motifs is 1. The van der Waals surface area contributed by atoms with E-state index in [0.29, 0.717) is 0 Å². The molecule has 0 radical (unpaired) electrons. The summed E-state index contributed by atoms with van der Waals surface area (Å²) in [5.41, 5.74) is 2.19. The van der Waals surface area contributed by atoms with Crippen LogP contribution in [0.2, 0.25) is 0 Å². The van der Waals surface area contributed by atoms with Gasteiger partial charge >= 0.3 is 0 Å². The van der Waals surface area contributed by atoms with Gasteiger partial charge in [-0.05, 0) is 23.6 Å². The Kier molecular flexibility index (Phi) is 4.71. The van der Waals surface area contributed by atoms with E-state index in [1.807, 2.05) is 50.0 Å². The molecule has 1 fully saturated rings. The Balaban J connectivity index is 1.65. The third-order valence-corrected chi connectivity index (χ3v) is 7.57. The van der Waals surface area contributed by atoms with Crippen molar-refractivity contribution in [3.8, 4) is 17.2 Å². The van der Waals surface area contributed by atoms with Gasteiger partial charge in [-0.25, -0.2) is 13.4 Å². The summed E-state index contributed by atoms with van der Waals surface area (Å²) in [6, 6.07) is 6.17. The molecule has 0 aromatic carbocycles. The van der Waals surface area contributed by atoms with Crippen LogP contribution in [0, 0.1) is 17.2 Å². The summed E-state index contributed by atoms with van der Waals surface area (Å²) in [5.74, 6) is 0.172. The van der Waals surface area contributed by atoms with Crippen LogP contribution in [0.3, 0.4) is 0 Å². The molecule has 0 aliphatic carbocycles. The summed E-state index contributed by atoms with van der Waals surface area (Å²) in [6.07, 6.45) is 7.62. The van der Waals surface area contributed by atoms with Gasteiger partial charge in [0, 0.05) is 49.7 Å². The zero-order chi connectivity index (χ0) is 20.8. The standard InChI is InChI=1S/C20H24N6O2S/c1-15(2)12-29(27,28)25-13-20(14-25,6-7-21)26-11-16(10-23-26)17-4-8-22-19-18(17)5-9-24(19)3/h4-5,8-11,15H,6,12-14H2,1-3H3. The molecular formula is C20H24N6O2S. The average Bonchev–Trinajstić information content (AvgIpc) is 3.24. The smallest absolute Gasteiger partial charge is 0.214 e. The average molecular weight is 413 g/mol. The summed E-state index contributed by atoms with van der Waals surface area (Å²) in [5, 5.41) is 14.9. The molecule has 4 rings (SSSR count). The maximum atomic E-state index is 12.5. The van der Waals surface area contributed by atoms with E-state index in [1.54, 1.807) is 17.1 Å². The molecule has 29 heavy (non-hydrogen) atoms. The largest absolute Gasteiger partial charge is 0.336 e. The minimum Gasteiger partial charge on any atom is -0.336 e. The Labute approximate surface area is 170 Å². The van der Waals surface area contributed by atoms with Crippen LogP contribution in [0.1, 0.15) is 20.3 Å². The topological polar surface area (TPSA) is 96.8 Å². The summed E-state index contributed by atoms with van der Waals surface area (Å²) >= 11 is 0. The first-order valence-corrected chi connectivity index (χ1v) is 11.2. The number of aryl methyl sites for hydroxylation is 1. The number of aromatic nitrogens is 4. The van der Waals surface area contributed by atoms with Crippen molar-refractivity contribution in [3.05, 3.63) is 36.9 Å². The second-order valence-electron chi connectivity index (χ2n) is 8.20. The van der Waals surface area contributed by atoms with Crippen molar-refractivity contribution in [1.82, 2.24) is 23.6 Å². The SMILES string of the molecule is CC(C)CS(=O)(=O)N1CC(CC#N)(n2cc(-c3ccnc4c3ccn4C)cn2)C1. The highest BCUT2D eigenvalue weighted by Gasteiger charge is 2.50. The highest BCUT2D eigenvalue weighted by atomic mass is 32.2. The number of rotatable bonds is 6. The molecule has 3 aromatic rings. The predicted molar refractivity (Wildman–Crippen MR) is 110 cm³/mol. The highest BCUT2D eigenvalue weighted by Crippen LogP contribution is 2.36. The van der Waals surface area contributed by atoms with Gasteiger partial charge in [-0.15, -0.1) is 0 Å². The molecule has 8 nitrogen and oxygen atoms in total. The fourth-order valence-corrected chi connectivity index (χ4v) is 5.88. The number of hydrogen-bond acceptors (Lipinski definition) is 5. The van der Waals surface area contributed by atoms with Crippen LogP contribution >= 0.6 is 0 Å². The van der Waals surface area contributed by atoms with Gasteiger partial charge in [0.25, 0.3) is 0 Å². The predicted octanol–water partition coefficient (Wildman–Crippen LogP) is 2.35. The Bertz CT molecular complexity index is 1200. The first-order valence-electron chi connectivity index (χ1n) is 9.56. The molecule has 0 spiro atoms. The number of hydrogen-bond donors (Lipinski definition) is 0. The van der Waals surface area contributed by atoms with E-state index in [1.165, 1.54) is 4.31 Å². The van der Waals surface area contributed by atoms with E-state index in [-0.39, 0.29) is 31.2 Å². The first-order chi connectivity index (χ1) is 13.8. The van der Waals surface area contributed by atoms with Crippen LogP contribution < -0.4 is 0 Å². The Morgan fingerprint density at radius 3 is 2.76 bits per heavy atom. The Morgan fingerprint density at radius 2 is 2.07 bits per heavy atom. The van der Waals surface area contributed by atoms with Crippen LogP contribution in [0.15, 0.2) is 36.9 Å². The second-order valence-corrected chi connectivity index (χ2v) is 10.2. The van der Waals surface area contributed by atoms with Gasteiger partial charge in [0.2, 0.25) is 10.0 Å². The molecule has 9 heteroatoms. The molecule has 152 valence electrons. The molecule has 0 N–H and O–H groups in total. The lowest BCUT2D eigenvalue weighted by molar-refractivity contribution is 0.0715. The third-order valence-electron chi connectivity index (χ3n) is 5.43. The number of pyridine rings is 1.